The van der Waals surface area contributed by atoms with Crippen LogP contribution in [-0.2, 0) is 28.6 Å². The quantitative estimate of drug-likeness (QED) is 0.206. The number of ketones is 1. The van der Waals surface area contributed by atoms with Crippen LogP contribution in [0, 0.1) is 5.92 Å². The Bertz CT molecular complexity index is 404. The molecule has 0 aromatic heterocycles. The summed E-state index contributed by atoms with van der Waals surface area (Å²) in [6.07, 6.45) is 0.188. The summed E-state index contributed by atoms with van der Waals surface area (Å²) in [6, 6.07) is 0. The van der Waals surface area contributed by atoms with Crippen molar-refractivity contribution in [3.63, 3.8) is 0 Å². The Hall–Kier alpha value is -0.780. The zero-order chi connectivity index (χ0) is 19.1. The van der Waals surface area contributed by atoms with E-state index in [0.29, 0.717) is 19.8 Å². The molecule has 0 heterocycles. The number of hydrogen-bond donors (Lipinski definition) is 2. The molecule has 0 bridgehead atoms. The maximum Gasteiger partial charge on any atom is 0.239 e. The number of alkyl halides is 1. The molecule has 0 aliphatic heterocycles. The first-order valence-electron chi connectivity index (χ1n) is 8.30. The third-order valence-corrected chi connectivity index (χ3v) is 3.31. The molecule has 0 fully saturated rings. The van der Waals surface area contributed by atoms with Crippen LogP contribution in [0.15, 0.2) is 0 Å². The summed E-state index contributed by atoms with van der Waals surface area (Å²) in [5, 5.41) is 5.10. The molecule has 0 aromatic rings. The van der Waals surface area contributed by atoms with Crippen molar-refractivity contribution in [3.8, 4) is 0 Å². The van der Waals surface area contributed by atoms with Crippen LogP contribution in [0.3, 0.4) is 0 Å². The van der Waals surface area contributed by atoms with Gasteiger partial charge in [-0.3, -0.25) is 14.4 Å². The number of rotatable bonds is 15. The Labute approximate surface area is 162 Å². The SMILES string of the molecule is CC(C)C(=O)COCCNC(=O)CNC(=O)CCOCCO[C@@H](C)I. The van der Waals surface area contributed by atoms with E-state index in [9.17, 15) is 14.4 Å². The van der Waals surface area contributed by atoms with Crippen molar-refractivity contribution in [1.29, 1.82) is 0 Å². The smallest absolute Gasteiger partial charge is 0.239 e. The first-order valence-corrected chi connectivity index (χ1v) is 9.54. The van der Waals surface area contributed by atoms with Gasteiger partial charge < -0.3 is 24.8 Å². The van der Waals surface area contributed by atoms with E-state index in [1.54, 1.807) is 13.8 Å². The Morgan fingerprint density at radius 3 is 2.28 bits per heavy atom. The van der Waals surface area contributed by atoms with Gasteiger partial charge in [0.15, 0.2) is 5.78 Å². The lowest BCUT2D eigenvalue weighted by atomic mass is 10.1. The Morgan fingerprint density at radius 2 is 1.64 bits per heavy atom. The lowest BCUT2D eigenvalue weighted by Crippen LogP contribution is -2.38. The molecule has 2 amide bonds. The van der Waals surface area contributed by atoms with Gasteiger partial charge in [-0.25, -0.2) is 0 Å². The number of nitrogens with one attached hydrogen (secondary N) is 2. The molecule has 0 aliphatic rings. The predicted octanol–water partition coefficient (Wildman–Crippen LogP) is 0.665. The molecule has 25 heavy (non-hydrogen) atoms. The molecule has 0 aromatic carbocycles. The molecule has 146 valence electrons. The van der Waals surface area contributed by atoms with Gasteiger partial charge in [0.05, 0.1) is 33.0 Å². The van der Waals surface area contributed by atoms with Crippen LogP contribution in [0.4, 0.5) is 0 Å². The number of ether oxygens (including phenoxy) is 3. The van der Waals surface area contributed by atoms with Crippen molar-refractivity contribution in [1.82, 2.24) is 10.6 Å². The molecule has 1 atom stereocenters. The number of Topliss-reactive ketones (excluding diaryl/α,β-unsaturated/α-hetero) is 1. The van der Waals surface area contributed by atoms with Crippen molar-refractivity contribution in [3.05, 3.63) is 0 Å². The largest absolute Gasteiger partial charge is 0.379 e. The van der Waals surface area contributed by atoms with Gasteiger partial charge in [0.1, 0.15) is 10.7 Å². The van der Waals surface area contributed by atoms with E-state index < -0.39 is 0 Å². The minimum absolute atomic E-state index is 0.0242. The van der Waals surface area contributed by atoms with Gasteiger partial charge in [0.2, 0.25) is 11.8 Å². The molecular formula is C16H29IN2O6. The second kappa shape index (κ2) is 15.5. The van der Waals surface area contributed by atoms with Crippen LogP contribution in [-0.4, -0.2) is 67.8 Å². The van der Waals surface area contributed by atoms with Crippen molar-refractivity contribution in [2.24, 2.45) is 5.92 Å². The molecule has 0 saturated carbocycles. The van der Waals surface area contributed by atoms with E-state index in [1.165, 1.54) is 0 Å². The average molecular weight is 472 g/mol. The van der Waals surface area contributed by atoms with Crippen LogP contribution in [0.25, 0.3) is 0 Å². The Kier molecular flexibility index (Phi) is 15.0. The summed E-state index contributed by atoms with van der Waals surface area (Å²) in [7, 11) is 0. The van der Waals surface area contributed by atoms with E-state index in [1.807, 2.05) is 6.92 Å². The summed E-state index contributed by atoms with van der Waals surface area (Å²) >= 11 is 2.15. The highest BCUT2D eigenvalue weighted by atomic mass is 127. The highest BCUT2D eigenvalue weighted by Crippen LogP contribution is 1.99. The fourth-order valence-electron chi connectivity index (χ4n) is 1.47. The Morgan fingerprint density at radius 1 is 0.920 bits per heavy atom. The van der Waals surface area contributed by atoms with E-state index in [2.05, 4.69) is 33.2 Å². The predicted molar refractivity (Wildman–Crippen MR) is 102 cm³/mol. The highest BCUT2D eigenvalue weighted by molar-refractivity contribution is 14.1. The van der Waals surface area contributed by atoms with Crippen molar-refractivity contribution in [2.45, 2.75) is 31.3 Å². The van der Waals surface area contributed by atoms with Crippen LogP contribution in [0.2, 0.25) is 0 Å². The van der Waals surface area contributed by atoms with Gasteiger partial charge in [-0.1, -0.05) is 36.4 Å². The summed E-state index contributed by atoms with van der Waals surface area (Å²) in [6.45, 7) is 7.23. The van der Waals surface area contributed by atoms with Gasteiger partial charge in [-0.05, 0) is 6.92 Å². The number of carbonyl (C=O) groups excluding carboxylic acids is 3. The normalized spacial score (nSPS) is 12.0. The number of amides is 2. The maximum atomic E-state index is 11.5. The maximum absolute atomic E-state index is 11.5. The fraction of sp³-hybridized carbons (Fsp3) is 0.812. The van der Waals surface area contributed by atoms with Crippen LogP contribution >= 0.6 is 22.6 Å². The molecule has 8 nitrogen and oxygen atoms in total. The minimum Gasteiger partial charge on any atom is -0.379 e. The van der Waals surface area contributed by atoms with Gasteiger partial charge in [-0.2, -0.15) is 0 Å². The first kappa shape index (κ1) is 24.2. The number of halogens is 1. The standard InChI is InChI=1S/C16H29IN2O6/c1-12(2)14(20)11-24-7-5-18-16(22)10-19-15(21)4-6-23-8-9-25-13(3)17/h12-13H,4-11H2,1-3H3,(H,18,22)(H,19,21)/t13-/m0/s1. The monoisotopic (exact) mass is 472 g/mol. The summed E-state index contributed by atoms with van der Waals surface area (Å²) in [5.74, 6) is -0.595. The zero-order valence-corrected chi connectivity index (χ0v) is 17.3. The second-order valence-corrected chi connectivity index (χ2v) is 7.33. The van der Waals surface area contributed by atoms with Crippen LogP contribution in [0.5, 0.6) is 0 Å². The fourth-order valence-corrected chi connectivity index (χ4v) is 1.72. The van der Waals surface area contributed by atoms with E-state index >= 15 is 0 Å². The summed E-state index contributed by atoms with van der Waals surface area (Å²) in [4.78, 5) is 34.4. The van der Waals surface area contributed by atoms with E-state index in [0.717, 1.165) is 0 Å². The van der Waals surface area contributed by atoms with Gasteiger partial charge in [-0.15, -0.1) is 0 Å². The number of carbonyl (C=O) groups is 3. The summed E-state index contributed by atoms with van der Waals surface area (Å²) < 4.78 is 15.8. The van der Waals surface area contributed by atoms with Gasteiger partial charge >= 0.3 is 0 Å². The minimum atomic E-state index is -0.308. The molecule has 9 heteroatoms. The van der Waals surface area contributed by atoms with Crippen LogP contribution < -0.4 is 10.6 Å². The second-order valence-electron chi connectivity index (χ2n) is 5.58. The average Bonchev–Trinajstić information content (AvgIpc) is 2.55. The van der Waals surface area contributed by atoms with Crippen molar-refractivity contribution >= 4 is 40.2 Å². The highest BCUT2D eigenvalue weighted by Gasteiger charge is 2.08. The van der Waals surface area contributed by atoms with Crippen LogP contribution in [0.1, 0.15) is 27.2 Å². The first-order chi connectivity index (χ1) is 11.8. The number of hydrogen-bond acceptors (Lipinski definition) is 6. The lowest BCUT2D eigenvalue weighted by Gasteiger charge is -2.09. The topological polar surface area (TPSA) is 103 Å². The molecule has 0 aliphatic carbocycles. The molecule has 0 rings (SSSR count). The van der Waals surface area contributed by atoms with Gasteiger partial charge in [0.25, 0.3) is 0 Å². The third-order valence-electron chi connectivity index (χ3n) is 2.95. The van der Waals surface area contributed by atoms with E-state index in [4.69, 9.17) is 14.2 Å². The molecule has 0 spiro atoms. The molecule has 0 radical (unpaired) electrons. The third kappa shape index (κ3) is 16.4. The van der Waals surface area contributed by atoms with E-state index in [-0.39, 0.29) is 60.4 Å². The van der Waals surface area contributed by atoms with Crippen molar-refractivity contribution < 1.29 is 28.6 Å². The Balaban J connectivity index is 3.49. The summed E-state index contributed by atoms with van der Waals surface area (Å²) in [5.41, 5.74) is 0. The molecule has 0 unspecified atom stereocenters. The molecule has 0 saturated heterocycles. The van der Waals surface area contributed by atoms with Gasteiger partial charge in [0, 0.05) is 18.9 Å². The lowest BCUT2D eigenvalue weighted by molar-refractivity contribution is -0.127. The van der Waals surface area contributed by atoms with Crippen molar-refractivity contribution in [2.75, 3.05) is 46.1 Å². The molecular weight excluding hydrogens is 443 g/mol. The zero-order valence-electron chi connectivity index (χ0n) is 15.1. The molecule has 2 N–H and O–H groups in total.